The molecule has 0 radical (unpaired) electrons. The molecule has 39 heavy (non-hydrogen) atoms. The van der Waals surface area contributed by atoms with Crippen LogP contribution < -0.4 is 27.4 Å². The number of carbonyl (C=O) groups is 5. The Morgan fingerprint density at radius 2 is 1.36 bits per heavy atom. The molecule has 0 fully saturated rings. The van der Waals surface area contributed by atoms with E-state index in [0.29, 0.717) is 11.1 Å². The SMILES string of the molecule is CC(O)C(NC(=O)C(CC(N)=O)NC(=O)C(N)Cc1ccc(O)cc1)C(=O)NC(Cc1ccccc1)C(=O)O. The van der Waals surface area contributed by atoms with Crippen molar-refractivity contribution >= 4 is 29.6 Å². The van der Waals surface area contributed by atoms with Gasteiger partial charge in [-0.1, -0.05) is 42.5 Å². The maximum atomic E-state index is 13.0. The topological polar surface area (TPSA) is 234 Å². The first-order valence-electron chi connectivity index (χ1n) is 12.0. The molecule has 0 saturated carbocycles. The van der Waals surface area contributed by atoms with E-state index >= 15 is 0 Å². The molecule has 0 aromatic heterocycles. The third kappa shape index (κ3) is 10.1. The van der Waals surface area contributed by atoms with Crippen LogP contribution in [-0.2, 0) is 36.8 Å². The van der Waals surface area contributed by atoms with Gasteiger partial charge in [0.25, 0.3) is 0 Å². The molecule has 10 N–H and O–H groups in total. The van der Waals surface area contributed by atoms with E-state index in [1.807, 2.05) is 0 Å². The summed E-state index contributed by atoms with van der Waals surface area (Å²) in [5.74, 6) is -5.04. The number of rotatable bonds is 14. The Bertz CT molecular complexity index is 1160. The molecule has 0 spiro atoms. The minimum Gasteiger partial charge on any atom is -0.508 e. The molecular weight excluding hydrogens is 510 g/mol. The monoisotopic (exact) mass is 543 g/mol. The van der Waals surface area contributed by atoms with Crippen LogP contribution in [0.5, 0.6) is 5.75 Å². The number of hydrogen-bond acceptors (Lipinski definition) is 8. The lowest BCUT2D eigenvalue weighted by atomic mass is 10.0. The molecule has 0 aliphatic heterocycles. The third-order valence-electron chi connectivity index (χ3n) is 5.73. The normalized spacial score (nSPS) is 14.6. The molecule has 0 aliphatic rings. The predicted molar refractivity (Wildman–Crippen MR) is 139 cm³/mol. The Morgan fingerprint density at radius 1 is 0.795 bits per heavy atom. The van der Waals surface area contributed by atoms with Gasteiger partial charge in [0, 0.05) is 6.42 Å². The number of carbonyl (C=O) groups excluding carboxylic acids is 4. The van der Waals surface area contributed by atoms with Gasteiger partial charge in [0.2, 0.25) is 23.6 Å². The van der Waals surface area contributed by atoms with E-state index in [1.54, 1.807) is 42.5 Å². The maximum absolute atomic E-state index is 13.0. The first-order chi connectivity index (χ1) is 18.4. The van der Waals surface area contributed by atoms with Gasteiger partial charge in [-0.05, 0) is 36.6 Å². The fraction of sp³-hybridized carbons (Fsp3) is 0.346. The van der Waals surface area contributed by atoms with Gasteiger partial charge in [-0.3, -0.25) is 19.2 Å². The number of nitrogens with two attached hydrogens (primary N) is 2. The van der Waals surface area contributed by atoms with Crippen LogP contribution in [0.1, 0.15) is 24.5 Å². The second kappa shape index (κ2) is 14.4. The van der Waals surface area contributed by atoms with Gasteiger partial charge in [-0.25, -0.2) is 4.79 Å². The van der Waals surface area contributed by atoms with Gasteiger partial charge in [-0.2, -0.15) is 0 Å². The highest BCUT2D eigenvalue weighted by Crippen LogP contribution is 2.11. The summed E-state index contributed by atoms with van der Waals surface area (Å²) in [6, 6.07) is 8.82. The number of aliphatic hydroxyl groups excluding tert-OH is 1. The van der Waals surface area contributed by atoms with Crippen LogP contribution in [0.15, 0.2) is 54.6 Å². The summed E-state index contributed by atoms with van der Waals surface area (Å²) in [5.41, 5.74) is 12.4. The molecule has 13 heteroatoms. The Morgan fingerprint density at radius 3 is 1.90 bits per heavy atom. The fourth-order valence-corrected chi connectivity index (χ4v) is 3.64. The van der Waals surface area contributed by atoms with E-state index in [9.17, 15) is 39.3 Å². The molecule has 4 amide bonds. The molecule has 0 aliphatic carbocycles. The molecule has 2 aromatic rings. The molecule has 13 nitrogen and oxygen atoms in total. The number of aromatic hydroxyl groups is 1. The number of aliphatic hydroxyl groups is 1. The highest BCUT2D eigenvalue weighted by Gasteiger charge is 2.33. The minimum absolute atomic E-state index is 0.0291. The smallest absolute Gasteiger partial charge is 0.326 e. The van der Waals surface area contributed by atoms with Crippen LogP contribution in [0.3, 0.4) is 0 Å². The molecule has 2 aromatic carbocycles. The molecule has 5 unspecified atom stereocenters. The minimum atomic E-state index is -1.62. The van der Waals surface area contributed by atoms with Gasteiger partial charge >= 0.3 is 5.97 Å². The zero-order chi connectivity index (χ0) is 29.1. The van der Waals surface area contributed by atoms with Crippen LogP contribution in [-0.4, -0.2) is 75.2 Å². The fourth-order valence-electron chi connectivity index (χ4n) is 3.64. The van der Waals surface area contributed by atoms with E-state index in [-0.39, 0.29) is 18.6 Å². The van der Waals surface area contributed by atoms with E-state index in [1.165, 1.54) is 19.1 Å². The number of carboxylic acids is 1. The average molecular weight is 544 g/mol. The van der Waals surface area contributed by atoms with E-state index in [0.717, 1.165) is 0 Å². The zero-order valence-corrected chi connectivity index (χ0v) is 21.2. The zero-order valence-electron chi connectivity index (χ0n) is 21.2. The van der Waals surface area contributed by atoms with Crippen LogP contribution in [0.4, 0.5) is 0 Å². The van der Waals surface area contributed by atoms with Gasteiger partial charge in [0.05, 0.1) is 18.6 Å². The van der Waals surface area contributed by atoms with Crippen LogP contribution in [0.2, 0.25) is 0 Å². The van der Waals surface area contributed by atoms with E-state index < -0.39 is 66.3 Å². The van der Waals surface area contributed by atoms with E-state index in [2.05, 4.69) is 16.0 Å². The van der Waals surface area contributed by atoms with Crippen LogP contribution in [0, 0.1) is 0 Å². The molecule has 5 atom stereocenters. The molecule has 0 heterocycles. The molecule has 0 bridgehead atoms. The summed E-state index contributed by atoms with van der Waals surface area (Å²) >= 11 is 0. The Labute approximate surface area is 224 Å². The lowest BCUT2D eigenvalue weighted by Gasteiger charge is -2.26. The van der Waals surface area contributed by atoms with Crippen molar-refractivity contribution in [3.8, 4) is 5.75 Å². The first kappa shape index (κ1) is 30.7. The Kier molecular flexibility index (Phi) is 11.4. The van der Waals surface area contributed by atoms with Crippen molar-refractivity contribution in [1.29, 1.82) is 0 Å². The van der Waals surface area contributed by atoms with Crippen LogP contribution >= 0.6 is 0 Å². The molecule has 210 valence electrons. The Hall–Kier alpha value is -4.49. The molecule has 0 saturated heterocycles. The largest absolute Gasteiger partial charge is 0.508 e. The number of phenolic OH excluding ortho intramolecular Hbond substituents is 1. The summed E-state index contributed by atoms with van der Waals surface area (Å²) in [4.78, 5) is 61.8. The van der Waals surface area contributed by atoms with Crippen molar-refractivity contribution in [2.75, 3.05) is 0 Å². The number of primary amides is 1. The van der Waals surface area contributed by atoms with Gasteiger partial charge in [0.1, 0.15) is 23.9 Å². The van der Waals surface area contributed by atoms with Crippen LogP contribution in [0.25, 0.3) is 0 Å². The number of amides is 4. The number of nitrogens with one attached hydrogen (secondary N) is 3. The summed E-state index contributed by atoms with van der Waals surface area (Å²) in [6.07, 6.45) is -2.11. The highest BCUT2D eigenvalue weighted by atomic mass is 16.4. The molecule has 2 rings (SSSR count). The van der Waals surface area contributed by atoms with Gasteiger partial charge in [0.15, 0.2) is 0 Å². The van der Waals surface area contributed by atoms with Crippen molar-refractivity contribution < 1.29 is 39.3 Å². The predicted octanol–water partition coefficient (Wildman–Crippen LogP) is -1.70. The quantitative estimate of drug-likeness (QED) is 0.135. The number of carboxylic acid groups (broad SMARTS) is 1. The second-order valence-corrected chi connectivity index (χ2v) is 9.02. The van der Waals surface area contributed by atoms with Crippen molar-refractivity contribution in [1.82, 2.24) is 16.0 Å². The number of phenols is 1. The van der Waals surface area contributed by atoms with Crippen molar-refractivity contribution in [3.63, 3.8) is 0 Å². The van der Waals surface area contributed by atoms with Gasteiger partial charge < -0.3 is 42.7 Å². The summed E-state index contributed by atoms with van der Waals surface area (Å²) in [7, 11) is 0. The van der Waals surface area contributed by atoms with Crippen molar-refractivity contribution in [2.45, 2.75) is 56.5 Å². The lowest BCUT2D eigenvalue weighted by Crippen LogP contribution is -2.60. The summed E-state index contributed by atoms with van der Waals surface area (Å²) < 4.78 is 0. The Balaban J connectivity index is 2.10. The second-order valence-electron chi connectivity index (χ2n) is 9.02. The summed E-state index contributed by atoms with van der Waals surface area (Å²) in [5, 5.41) is 35.9. The number of aliphatic carboxylic acids is 1. The number of hydrogen-bond donors (Lipinski definition) is 8. The lowest BCUT2D eigenvalue weighted by molar-refractivity contribution is -0.143. The van der Waals surface area contributed by atoms with Crippen molar-refractivity contribution in [2.24, 2.45) is 11.5 Å². The standard InChI is InChI=1S/C26H33N5O8/c1-14(32)22(25(37)30-20(26(38)39)12-15-5-3-2-4-6-15)31-24(36)19(13-21(28)34)29-23(35)18(27)11-16-7-9-17(33)10-8-16/h2-10,14,18-20,22,32-33H,11-13,27H2,1H3,(H2,28,34)(H,29,35)(H,30,37)(H,31,36)(H,38,39). The maximum Gasteiger partial charge on any atom is 0.326 e. The first-order valence-corrected chi connectivity index (χ1v) is 12.0. The van der Waals surface area contributed by atoms with Crippen molar-refractivity contribution in [3.05, 3.63) is 65.7 Å². The summed E-state index contributed by atoms with van der Waals surface area (Å²) in [6.45, 7) is 1.20. The number of benzene rings is 2. The third-order valence-corrected chi connectivity index (χ3v) is 5.73. The van der Waals surface area contributed by atoms with E-state index in [4.69, 9.17) is 11.5 Å². The molecular formula is C26H33N5O8. The highest BCUT2D eigenvalue weighted by molar-refractivity contribution is 5.96. The average Bonchev–Trinajstić information content (AvgIpc) is 2.87. The van der Waals surface area contributed by atoms with Gasteiger partial charge in [-0.15, -0.1) is 0 Å².